The number of nitrogens with zero attached hydrogens (tertiary/aromatic N) is 3. The molecule has 1 N–H and O–H groups in total. The van der Waals surface area contributed by atoms with Crippen molar-refractivity contribution in [3.8, 4) is 17.4 Å². The topological polar surface area (TPSA) is 85.4 Å². The molecule has 1 amide bonds. The van der Waals surface area contributed by atoms with Crippen molar-refractivity contribution >= 4 is 33.3 Å². The smallest absolute Gasteiger partial charge is 0.308 e. The molecule has 1 aliphatic rings. The minimum absolute atomic E-state index is 0.0453. The molecular weight excluding hydrogens is 442 g/mol. The van der Waals surface area contributed by atoms with Crippen LogP contribution < -0.4 is 9.47 Å². The first-order valence-corrected chi connectivity index (χ1v) is 11.3. The first kappa shape index (κ1) is 20.9. The van der Waals surface area contributed by atoms with Gasteiger partial charge in [-0.2, -0.15) is 0 Å². The summed E-state index contributed by atoms with van der Waals surface area (Å²) in [5.74, 6) is 0.441. The first-order valence-electron chi connectivity index (χ1n) is 11.3. The van der Waals surface area contributed by atoms with E-state index in [4.69, 9.17) is 9.47 Å². The molecule has 0 spiro atoms. The van der Waals surface area contributed by atoms with Gasteiger partial charge < -0.3 is 19.1 Å². The highest BCUT2D eigenvalue weighted by Gasteiger charge is 2.28. The molecule has 0 bridgehead atoms. The zero-order chi connectivity index (χ0) is 23.8. The van der Waals surface area contributed by atoms with Crippen LogP contribution in [-0.2, 0) is 11.3 Å². The molecule has 0 unspecified atom stereocenters. The van der Waals surface area contributed by atoms with E-state index >= 15 is 0 Å². The van der Waals surface area contributed by atoms with Gasteiger partial charge in [-0.1, -0.05) is 72.8 Å². The number of hydrogen-bond donors (Lipinski definition) is 1. The van der Waals surface area contributed by atoms with Crippen LogP contribution in [0.25, 0.3) is 21.7 Å². The van der Waals surface area contributed by atoms with Crippen LogP contribution >= 0.6 is 0 Å². The minimum Gasteiger partial charge on any atom is -0.493 e. The molecule has 4 aromatic carbocycles. The molecule has 0 saturated heterocycles. The van der Waals surface area contributed by atoms with Crippen molar-refractivity contribution in [1.82, 2.24) is 4.57 Å². The Hall–Kier alpha value is -4.65. The van der Waals surface area contributed by atoms with Crippen LogP contribution in [0.5, 0.6) is 17.4 Å². The van der Waals surface area contributed by atoms with Crippen LogP contribution in [0.1, 0.15) is 5.56 Å². The second kappa shape index (κ2) is 8.61. The highest BCUT2D eigenvalue weighted by molar-refractivity contribution is 5.96. The molecule has 7 nitrogen and oxygen atoms in total. The molecular formula is C28H21N3O4. The van der Waals surface area contributed by atoms with Crippen molar-refractivity contribution in [2.75, 3.05) is 6.61 Å². The molecule has 35 heavy (non-hydrogen) atoms. The molecule has 2 heterocycles. The quantitative estimate of drug-likeness (QED) is 0.331. The predicted octanol–water partition coefficient (Wildman–Crippen LogP) is 6.00. The van der Waals surface area contributed by atoms with Gasteiger partial charge in [0.25, 0.3) is 0 Å². The highest BCUT2D eigenvalue weighted by Crippen LogP contribution is 2.40. The number of azo groups is 1. The summed E-state index contributed by atoms with van der Waals surface area (Å²) in [5, 5.41) is 22.1. The average Bonchev–Trinajstić information content (AvgIpc) is 3.17. The lowest BCUT2D eigenvalue weighted by molar-refractivity contribution is -0.127. The van der Waals surface area contributed by atoms with Gasteiger partial charge in [0.1, 0.15) is 6.61 Å². The van der Waals surface area contributed by atoms with E-state index in [9.17, 15) is 9.90 Å². The van der Waals surface area contributed by atoms with Gasteiger partial charge in [-0.05, 0) is 34.5 Å². The molecule has 0 saturated carbocycles. The summed E-state index contributed by atoms with van der Waals surface area (Å²) in [6.45, 7) is 0.483. The van der Waals surface area contributed by atoms with Crippen molar-refractivity contribution in [2.45, 2.75) is 12.6 Å². The molecule has 0 aliphatic carbocycles. The van der Waals surface area contributed by atoms with Crippen molar-refractivity contribution in [3.63, 3.8) is 0 Å². The van der Waals surface area contributed by atoms with Gasteiger partial charge in [-0.3, -0.25) is 4.79 Å². The van der Waals surface area contributed by atoms with Gasteiger partial charge in [0.05, 0.1) is 12.1 Å². The Morgan fingerprint density at radius 1 is 0.886 bits per heavy atom. The van der Waals surface area contributed by atoms with Crippen molar-refractivity contribution in [2.24, 2.45) is 10.2 Å². The number of hydrogen-bond acceptors (Lipinski definition) is 5. The molecule has 6 rings (SSSR count). The number of carbonyl (C=O) groups is 1. The Kier molecular flexibility index (Phi) is 5.15. The number of aromatic nitrogens is 1. The molecule has 1 aromatic heterocycles. The SMILES string of the molecule is O=C(N=Nc1c(O)n(Cc2cccc3ccccc23)c2ccccc12)[C@H]1COc2ccccc2O1. The summed E-state index contributed by atoms with van der Waals surface area (Å²) < 4.78 is 13.1. The van der Waals surface area contributed by atoms with Gasteiger partial charge in [-0.15, -0.1) is 10.2 Å². The van der Waals surface area contributed by atoms with Crippen molar-refractivity contribution in [3.05, 3.63) is 96.6 Å². The number of benzene rings is 4. The molecule has 1 aliphatic heterocycles. The van der Waals surface area contributed by atoms with E-state index in [0.717, 1.165) is 21.9 Å². The van der Waals surface area contributed by atoms with E-state index in [-0.39, 0.29) is 18.2 Å². The second-order valence-electron chi connectivity index (χ2n) is 8.32. The number of fused-ring (bicyclic) bond motifs is 3. The van der Waals surface area contributed by atoms with Gasteiger partial charge in [-0.25, -0.2) is 0 Å². The van der Waals surface area contributed by atoms with E-state index in [1.165, 1.54) is 0 Å². The van der Waals surface area contributed by atoms with Crippen LogP contribution in [0.4, 0.5) is 5.69 Å². The Labute approximate surface area is 200 Å². The largest absolute Gasteiger partial charge is 0.493 e. The normalized spacial score (nSPS) is 15.1. The summed E-state index contributed by atoms with van der Waals surface area (Å²) in [5.41, 5.74) is 2.10. The standard InChI is InChI=1S/C28H21N3O4/c32-27(25-17-34-23-14-5-6-15-24(23)35-25)30-29-26-21-12-3-4-13-22(21)31(28(26)33)16-19-10-7-9-18-8-1-2-11-20(18)19/h1-15,25,33H,16-17H2/t25-/m1/s1. The van der Waals surface area contributed by atoms with Crippen LogP contribution in [0.3, 0.4) is 0 Å². The maximum atomic E-state index is 12.7. The monoisotopic (exact) mass is 463 g/mol. The van der Waals surface area contributed by atoms with E-state index in [2.05, 4.69) is 28.4 Å². The summed E-state index contributed by atoms with van der Waals surface area (Å²) in [4.78, 5) is 12.7. The van der Waals surface area contributed by atoms with Crippen molar-refractivity contribution in [1.29, 1.82) is 0 Å². The number of rotatable bonds is 4. The summed E-state index contributed by atoms with van der Waals surface area (Å²) in [6.07, 6.45) is -0.903. The third-order valence-corrected chi connectivity index (χ3v) is 6.16. The number of aromatic hydroxyl groups is 1. The van der Waals surface area contributed by atoms with Crippen molar-refractivity contribution < 1.29 is 19.4 Å². The fraction of sp³-hybridized carbons (Fsp3) is 0.107. The number of carbonyl (C=O) groups excluding carboxylic acids is 1. The Morgan fingerprint density at radius 3 is 2.49 bits per heavy atom. The number of para-hydroxylation sites is 3. The molecule has 5 aromatic rings. The summed E-state index contributed by atoms with van der Waals surface area (Å²) in [7, 11) is 0. The van der Waals surface area contributed by atoms with Crippen LogP contribution in [-0.4, -0.2) is 28.3 Å². The third kappa shape index (κ3) is 3.77. The van der Waals surface area contributed by atoms with E-state index < -0.39 is 12.0 Å². The third-order valence-electron chi connectivity index (χ3n) is 6.16. The molecule has 172 valence electrons. The lowest BCUT2D eigenvalue weighted by Gasteiger charge is -2.23. The molecule has 7 heteroatoms. The van der Waals surface area contributed by atoms with Crippen LogP contribution in [0.15, 0.2) is 101 Å². The average molecular weight is 463 g/mol. The highest BCUT2D eigenvalue weighted by atomic mass is 16.6. The number of amides is 1. The molecule has 1 atom stereocenters. The van der Waals surface area contributed by atoms with Gasteiger partial charge >= 0.3 is 5.91 Å². The summed E-state index contributed by atoms with van der Waals surface area (Å²) in [6, 6.07) is 28.9. The summed E-state index contributed by atoms with van der Waals surface area (Å²) >= 11 is 0. The second-order valence-corrected chi connectivity index (χ2v) is 8.32. The van der Waals surface area contributed by atoms with E-state index in [1.54, 1.807) is 22.8 Å². The minimum atomic E-state index is -0.903. The van der Waals surface area contributed by atoms with Gasteiger partial charge in [0.2, 0.25) is 12.0 Å². The fourth-order valence-corrected chi connectivity index (χ4v) is 4.44. The molecule has 0 radical (unpaired) electrons. The zero-order valence-corrected chi connectivity index (χ0v) is 18.7. The Morgan fingerprint density at radius 2 is 1.60 bits per heavy atom. The maximum Gasteiger partial charge on any atom is 0.308 e. The van der Waals surface area contributed by atoms with Gasteiger partial charge in [0.15, 0.2) is 17.2 Å². The lowest BCUT2D eigenvalue weighted by atomic mass is 10.0. The number of ether oxygens (including phenoxy) is 2. The van der Waals surface area contributed by atoms with Gasteiger partial charge in [0, 0.05) is 5.39 Å². The fourth-order valence-electron chi connectivity index (χ4n) is 4.44. The van der Waals surface area contributed by atoms with E-state index in [0.29, 0.717) is 23.4 Å². The molecule has 0 fully saturated rings. The first-order chi connectivity index (χ1) is 17.2. The predicted molar refractivity (Wildman–Crippen MR) is 133 cm³/mol. The van der Waals surface area contributed by atoms with E-state index in [1.807, 2.05) is 54.6 Å². The van der Waals surface area contributed by atoms with Crippen LogP contribution in [0, 0.1) is 0 Å². The Balaban J connectivity index is 1.33. The lowest BCUT2D eigenvalue weighted by Crippen LogP contribution is -2.35. The zero-order valence-electron chi connectivity index (χ0n) is 18.7. The maximum absolute atomic E-state index is 12.7. The van der Waals surface area contributed by atoms with Crippen LogP contribution in [0.2, 0.25) is 0 Å². The Bertz CT molecular complexity index is 1600.